The second-order valence-electron chi connectivity index (χ2n) is 9.25. The Morgan fingerprint density at radius 1 is 1.35 bits per heavy atom. The highest BCUT2D eigenvalue weighted by Crippen LogP contribution is 2.61. The topological polar surface area (TPSA) is 49.8 Å². The van der Waals surface area contributed by atoms with Crippen molar-refractivity contribution in [3.05, 3.63) is 29.6 Å². The van der Waals surface area contributed by atoms with Crippen molar-refractivity contribution in [3.63, 3.8) is 0 Å². The van der Waals surface area contributed by atoms with E-state index in [4.69, 9.17) is 4.74 Å². The number of nitrogens with zero attached hydrogens (tertiary/aromatic N) is 1. The van der Waals surface area contributed by atoms with Crippen molar-refractivity contribution in [3.8, 4) is 5.75 Å². The molecule has 26 heavy (non-hydrogen) atoms. The molecule has 0 amide bonds. The fourth-order valence-corrected chi connectivity index (χ4v) is 4.27. The van der Waals surface area contributed by atoms with Gasteiger partial charge in [0.1, 0.15) is 11.6 Å². The number of rotatable bonds is 4. The molecule has 0 saturated heterocycles. The summed E-state index contributed by atoms with van der Waals surface area (Å²) < 4.78 is 20.2. The Bertz CT molecular complexity index is 697. The van der Waals surface area contributed by atoms with Gasteiger partial charge in [-0.15, -0.1) is 0 Å². The molecule has 2 aliphatic rings. The van der Waals surface area contributed by atoms with E-state index in [1.807, 2.05) is 19.0 Å². The number of ether oxygens (including phenoxy) is 1. The Labute approximate surface area is 155 Å². The first-order valence-corrected chi connectivity index (χ1v) is 9.43. The molecule has 144 valence electrons. The molecular formula is C21H30FNO3. The van der Waals surface area contributed by atoms with Crippen molar-refractivity contribution in [1.29, 1.82) is 0 Å². The first-order chi connectivity index (χ1) is 12.0. The lowest BCUT2D eigenvalue weighted by Crippen LogP contribution is -2.45. The van der Waals surface area contributed by atoms with Gasteiger partial charge in [-0.05, 0) is 84.2 Å². The maximum atomic E-state index is 14.8. The molecule has 0 spiro atoms. The Kier molecular flexibility index (Phi) is 4.91. The van der Waals surface area contributed by atoms with Crippen LogP contribution in [0.25, 0.3) is 0 Å². The summed E-state index contributed by atoms with van der Waals surface area (Å²) in [6, 6.07) is 4.29. The molecule has 1 aromatic carbocycles. The van der Waals surface area contributed by atoms with Gasteiger partial charge >= 0.3 is 5.97 Å². The van der Waals surface area contributed by atoms with Gasteiger partial charge in [-0.1, -0.05) is 0 Å². The average Bonchev–Trinajstić information content (AvgIpc) is 3.31. The smallest absolute Gasteiger partial charge is 0.316 e. The molecule has 3 rings (SSSR count). The molecule has 2 fully saturated rings. The highest BCUT2D eigenvalue weighted by molar-refractivity contribution is 5.77. The van der Waals surface area contributed by atoms with E-state index in [1.165, 1.54) is 18.2 Å². The van der Waals surface area contributed by atoms with Crippen LogP contribution in [0.5, 0.6) is 5.75 Å². The molecule has 0 bridgehead atoms. The van der Waals surface area contributed by atoms with Crippen LogP contribution < -0.4 is 4.74 Å². The molecule has 2 saturated carbocycles. The van der Waals surface area contributed by atoms with Crippen LogP contribution in [0.4, 0.5) is 4.39 Å². The highest BCUT2D eigenvalue weighted by Gasteiger charge is 2.60. The molecule has 4 atom stereocenters. The number of carbonyl (C=O) groups excluding carboxylic acids is 1. The minimum Gasteiger partial charge on any atom is -0.426 e. The van der Waals surface area contributed by atoms with E-state index in [1.54, 1.807) is 20.8 Å². The normalized spacial score (nSPS) is 30.8. The second-order valence-corrected chi connectivity index (χ2v) is 9.25. The van der Waals surface area contributed by atoms with Gasteiger partial charge in [0, 0.05) is 18.0 Å². The van der Waals surface area contributed by atoms with Crippen LogP contribution >= 0.6 is 0 Å². The Morgan fingerprint density at radius 2 is 2.04 bits per heavy atom. The molecule has 0 radical (unpaired) electrons. The highest BCUT2D eigenvalue weighted by atomic mass is 19.1. The summed E-state index contributed by atoms with van der Waals surface area (Å²) in [6.07, 6.45) is 2.90. The summed E-state index contributed by atoms with van der Waals surface area (Å²) in [5.41, 5.74) is -1.58. The molecular weight excluding hydrogens is 333 g/mol. The fourth-order valence-electron chi connectivity index (χ4n) is 4.27. The number of carbonyl (C=O) groups is 1. The number of hydrogen-bond acceptors (Lipinski definition) is 4. The van der Waals surface area contributed by atoms with Gasteiger partial charge in [-0.2, -0.15) is 0 Å². The lowest BCUT2D eigenvalue weighted by atomic mass is 9.70. The molecule has 1 N–H and O–H groups in total. The van der Waals surface area contributed by atoms with Gasteiger partial charge < -0.3 is 14.7 Å². The number of aliphatic hydroxyl groups is 1. The Balaban J connectivity index is 1.95. The van der Waals surface area contributed by atoms with Crippen LogP contribution in [0, 0.1) is 29.0 Å². The van der Waals surface area contributed by atoms with E-state index in [2.05, 4.69) is 0 Å². The van der Waals surface area contributed by atoms with Crippen molar-refractivity contribution < 1.29 is 19.0 Å². The zero-order valence-electron chi connectivity index (χ0n) is 16.4. The predicted molar refractivity (Wildman–Crippen MR) is 98.3 cm³/mol. The largest absolute Gasteiger partial charge is 0.426 e. The molecule has 5 heteroatoms. The van der Waals surface area contributed by atoms with E-state index >= 15 is 0 Å². The van der Waals surface area contributed by atoms with Crippen LogP contribution in [0.1, 0.15) is 45.6 Å². The molecule has 0 aliphatic heterocycles. The molecule has 4 nitrogen and oxygen atoms in total. The van der Waals surface area contributed by atoms with E-state index in [9.17, 15) is 14.3 Å². The predicted octanol–water partition coefficient (Wildman–Crippen LogP) is 3.57. The van der Waals surface area contributed by atoms with Gasteiger partial charge in [0.25, 0.3) is 0 Å². The summed E-state index contributed by atoms with van der Waals surface area (Å²) in [7, 11) is 3.94. The zero-order valence-corrected chi connectivity index (χ0v) is 16.4. The third-order valence-electron chi connectivity index (χ3n) is 5.77. The van der Waals surface area contributed by atoms with Gasteiger partial charge in [0.15, 0.2) is 0 Å². The van der Waals surface area contributed by atoms with Crippen LogP contribution in [0.15, 0.2) is 18.2 Å². The minimum atomic E-state index is -1.21. The van der Waals surface area contributed by atoms with Crippen molar-refractivity contribution in [1.82, 2.24) is 4.90 Å². The Morgan fingerprint density at radius 3 is 2.65 bits per heavy atom. The Hall–Kier alpha value is -1.46. The summed E-state index contributed by atoms with van der Waals surface area (Å²) >= 11 is 0. The second kappa shape index (κ2) is 6.61. The van der Waals surface area contributed by atoms with E-state index in [0.29, 0.717) is 18.2 Å². The van der Waals surface area contributed by atoms with E-state index in [0.717, 1.165) is 19.3 Å². The summed E-state index contributed by atoms with van der Waals surface area (Å²) in [6.45, 7) is 6.02. The van der Waals surface area contributed by atoms with Gasteiger partial charge in [-0.3, -0.25) is 4.79 Å². The van der Waals surface area contributed by atoms with Crippen LogP contribution in [0.3, 0.4) is 0 Å². The van der Waals surface area contributed by atoms with Gasteiger partial charge in [0.2, 0.25) is 0 Å². The fraction of sp³-hybridized carbons (Fsp3) is 0.667. The molecule has 2 aliphatic carbocycles. The quantitative estimate of drug-likeness (QED) is 0.656. The van der Waals surface area contributed by atoms with Crippen LogP contribution in [-0.2, 0) is 10.4 Å². The maximum Gasteiger partial charge on any atom is 0.316 e. The zero-order chi connectivity index (χ0) is 19.3. The number of fused-ring (bicyclic) bond motifs is 1. The van der Waals surface area contributed by atoms with Crippen molar-refractivity contribution in [2.45, 2.75) is 45.6 Å². The molecule has 1 aromatic rings. The molecule has 0 heterocycles. The average molecular weight is 363 g/mol. The van der Waals surface area contributed by atoms with Crippen molar-refractivity contribution >= 4 is 5.97 Å². The number of hydrogen-bond donors (Lipinski definition) is 1. The third-order valence-corrected chi connectivity index (χ3v) is 5.77. The number of halogens is 1. The minimum absolute atomic E-state index is 0.0377. The van der Waals surface area contributed by atoms with Crippen molar-refractivity contribution in [2.75, 3.05) is 20.6 Å². The van der Waals surface area contributed by atoms with Gasteiger partial charge in [0.05, 0.1) is 11.0 Å². The molecule has 4 unspecified atom stereocenters. The van der Waals surface area contributed by atoms with Gasteiger partial charge in [-0.25, -0.2) is 4.39 Å². The standard InChI is InChI=1S/C21H30FNO3/c1-20(2,3)19(24)26-15-8-9-18(22)17(11-15)21(25)14(12-23(4)5)7-6-13-10-16(13)21/h8-9,11,13-14,16,25H,6-7,10,12H2,1-5H3. The first-order valence-electron chi connectivity index (χ1n) is 9.43. The monoisotopic (exact) mass is 363 g/mol. The summed E-state index contributed by atoms with van der Waals surface area (Å²) in [4.78, 5) is 14.2. The first kappa shape index (κ1) is 19.3. The van der Waals surface area contributed by atoms with Crippen LogP contribution in [0.2, 0.25) is 0 Å². The lowest BCUT2D eigenvalue weighted by Gasteiger charge is -2.42. The number of esters is 1. The summed E-state index contributed by atoms with van der Waals surface area (Å²) in [5.74, 6) is 0.00695. The number of benzene rings is 1. The SMILES string of the molecule is CN(C)CC1CCC2CC2C1(O)c1cc(OC(=O)C(C)(C)C)ccc1F. The van der Waals surface area contributed by atoms with E-state index in [-0.39, 0.29) is 23.4 Å². The summed E-state index contributed by atoms with van der Waals surface area (Å²) in [5, 5.41) is 11.7. The molecule has 0 aromatic heterocycles. The lowest BCUT2D eigenvalue weighted by molar-refractivity contribution is -0.143. The third kappa shape index (κ3) is 3.52. The van der Waals surface area contributed by atoms with Crippen molar-refractivity contribution in [2.24, 2.45) is 23.2 Å². The maximum absolute atomic E-state index is 14.8. The van der Waals surface area contributed by atoms with Crippen LogP contribution in [-0.4, -0.2) is 36.6 Å². The van der Waals surface area contributed by atoms with E-state index < -0.39 is 16.8 Å².